The van der Waals surface area contributed by atoms with Crippen molar-refractivity contribution in [1.29, 1.82) is 0 Å². The Morgan fingerprint density at radius 2 is 1.85 bits per heavy atom. The van der Waals surface area contributed by atoms with E-state index in [2.05, 4.69) is 6.92 Å². The van der Waals surface area contributed by atoms with Crippen LogP contribution in [0.2, 0.25) is 0 Å². The smallest absolute Gasteiger partial charge is 0.308 e. The fourth-order valence-corrected chi connectivity index (χ4v) is 3.37. The van der Waals surface area contributed by atoms with Crippen molar-refractivity contribution in [2.75, 3.05) is 0 Å². The van der Waals surface area contributed by atoms with Gasteiger partial charge in [0.1, 0.15) is 12.2 Å². The summed E-state index contributed by atoms with van der Waals surface area (Å²) in [5.74, 6) is -0.0654. The number of hydrogen-bond acceptors (Lipinski definition) is 3. The SMILES string of the molecule is CCCCCCC[C@H]1OC(=O)C[C@H]1OC1CCCCC1. The Labute approximate surface area is 123 Å². The Balaban J connectivity index is 1.70. The lowest BCUT2D eigenvalue weighted by atomic mass is 9.97. The molecule has 2 rings (SSSR count). The van der Waals surface area contributed by atoms with Crippen LogP contribution in [0.3, 0.4) is 0 Å². The van der Waals surface area contributed by atoms with Gasteiger partial charge in [-0.2, -0.15) is 0 Å². The predicted molar refractivity (Wildman–Crippen MR) is 79.6 cm³/mol. The molecule has 0 amide bonds. The Kier molecular flexibility index (Phi) is 6.85. The summed E-state index contributed by atoms with van der Waals surface area (Å²) < 4.78 is 11.6. The van der Waals surface area contributed by atoms with Gasteiger partial charge in [0.15, 0.2) is 0 Å². The second-order valence-corrected chi connectivity index (χ2v) is 6.37. The van der Waals surface area contributed by atoms with Crippen LogP contribution in [-0.2, 0) is 14.3 Å². The van der Waals surface area contributed by atoms with Crippen LogP contribution in [-0.4, -0.2) is 24.3 Å². The maximum absolute atomic E-state index is 11.5. The van der Waals surface area contributed by atoms with Gasteiger partial charge in [0.05, 0.1) is 12.5 Å². The molecule has 0 bridgehead atoms. The second kappa shape index (κ2) is 8.66. The molecule has 0 N–H and O–H groups in total. The summed E-state index contributed by atoms with van der Waals surface area (Å²) >= 11 is 0. The van der Waals surface area contributed by atoms with E-state index < -0.39 is 0 Å². The summed E-state index contributed by atoms with van der Waals surface area (Å²) in [5.41, 5.74) is 0. The van der Waals surface area contributed by atoms with Gasteiger partial charge in [-0.3, -0.25) is 4.79 Å². The monoisotopic (exact) mass is 282 g/mol. The van der Waals surface area contributed by atoms with Crippen LogP contribution in [0.5, 0.6) is 0 Å². The van der Waals surface area contributed by atoms with Crippen LogP contribution in [0, 0.1) is 0 Å². The third kappa shape index (κ3) is 5.08. The van der Waals surface area contributed by atoms with Crippen LogP contribution in [0.4, 0.5) is 0 Å². The summed E-state index contributed by atoms with van der Waals surface area (Å²) in [6.07, 6.45) is 14.3. The van der Waals surface area contributed by atoms with E-state index in [1.807, 2.05) is 0 Å². The van der Waals surface area contributed by atoms with Crippen LogP contribution < -0.4 is 0 Å². The van der Waals surface area contributed by atoms with E-state index in [1.165, 1.54) is 44.9 Å². The molecule has 0 aromatic heterocycles. The summed E-state index contributed by atoms with van der Waals surface area (Å²) in [6, 6.07) is 0. The summed E-state index contributed by atoms with van der Waals surface area (Å²) in [5, 5.41) is 0. The number of hydrogen-bond donors (Lipinski definition) is 0. The standard InChI is InChI=1S/C17H30O3/c1-2-3-4-5-9-12-15-16(13-17(18)20-15)19-14-10-7-6-8-11-14/h14-16H,2-13H2,1H3/t15-,16-/m1/s1. The number of carbonyl (C=O) groups excluding carboxylic acids is 1. The predicted octanol–water partition coefficient (Wildman–Crippen LogP) is 4.38. The second-order valence-electron chi connectivity index (χ2n) is 6.37. The van der Waals surface area contributed by atoms with Crippen LogP contribution >= 0.6 is 0 Å². The van der Waals surface area contributed by atoms with Crippen molar-refractivity contribution in [3.63, 3.8) is 0 Å². The zero-order valence-corrected chi connectivity index (χ0v) is 12.9. The molecule has 0 aromatic carbocycles. The molecule has 1 saturated carbocycles. The van der Waals surface area contributed by atoms with Gasteiger partial charge in [-0.25, -0.2) is 0 Å². The first-order valence-corrected chi connectivity index (χ1v) is 8.64. The number of carbonyl (C=O) groups is 1. The first kappa shape index (κ1) is 15.8. The summed E-state index contributed by atoms with van der Waals surface area (Å²) in [7, 11) is 0. The van der Waals surface area contributed by atoms with Crippen LogP contribution in [0.25, 0.3) is 0 Å². The number of rotatable bonds is 8. The molecule has 0 radical (unpaired) electrons. The molecule has 0 aromatic rings. The molecule has 116 valence electrons. The molecule has 2 aliphatic rings. The largest absolute Gasteiger partial charge is 0.460 e. The van der Waals surface area contributed by atoms with Crippen molar-refractivity contribution in [1.82, 2.24) is 0 Å². The fourth-order valence-electron chi connectivity index (χ4n) is 3.37. The Morgan fingerprint density at radius 1 is 1.10 bits per heavy atom. The average molecular weight is 282 g/mol. The molecule has 20 heavy (non-hydrogen) atoms. The molecule has 2 fully saturated rings. The van der Waals surface area contributed by atoms with E-state index in [1.54, 1.807) is 0 Å². The van der Waals surface area contributed by atoms with Crippen molar-refractivity contribution in [2.45, 2.75) is 102 Å². The van der Waals surface area contributed by atoms with Gasteiger partial charge in [-0.05, 0) is 25.7 Å². The Morgan fingerprint density at radius 3 is 2.60 bits per heavy atom. The van der Waals surface area contributed by atoms with Crippen molar-refractivity contribution in [3.8, 4) is 0 Å². The van der Waals surface area contributed by atoms with Crippen molar-refractivity contribution >= 4 is 5.97 Å². The minimum absolute atomic E-state index is 0.0195. The highest BCUT2D eigenvalue weighted by Gasteiger charge is 2.36. The molecule has 3 heteroatoms. The highest BCUT2D eigenvalue weighted by molar-refractivity contribution is 5.72. The van der Waals surface area contributed by atoms with Crippen LogP contribution in [0.15, 0.2) is 0 Å². The molecular formula is C17H30O3. The van der Waals surface area contributed by atoms with Crippen molar-refractivity contribution in [3.05, 3.63) is 0 Å². The van der Waals surface area contributed by atoms with Crippen molar-refractivity contribution < 1.29 is 14.3 Å². The normalized spacial score (nSPS) is 27.8. The van der Waals surface area contributed by atoms with Gasteiger partial charge in [0.2, 0.25) is 0 Å². The number of cyclic esters (lactones) is 1. The molecular weight excluding hydrogens is 252 g/mol. The highest BCUT2D eigenvalue weighted by Crippen LogP contribution is 2.28. The van der Waals surface area contributed by atoms with Crippen LogP contribution in [0.1, 0.15) is 84.0 Å². The molecule has 1 aliphatic heterocycles. The van der Waals surface area contributed by atoms with E-state index in [9.17, 15) is 4.79 Å². The van der Waals surface area contributed by atoms with Gasteiger partial charge in [0, 0.05) is 0 Å². The Hall–Kier alpha value is -0.570. The minimum atomic E-state index is -0.0654. The molecule has 0 spiro atoms. The number of esters is 1. The molecule has 2 atom stereocenters. The van der Waals surface area contributed by atoms with E-state index in [4.69, 9.17) is 9.47 Å². The van der Waals surface area contributed by atoms with E-state index in [-0.39, 0.29) is 18.2 Å². The lowest BCUT2D eigenvalue weighted by Gasteiger charge is -2.27. The van der Waals surface area contributed by atoms with Gasteiger partial charge in [-0.15, -0.1) is 0 Å². The lowest BCUT2D eigenvalue weighted by molar-refractivity contribution is -0.142. The molecule has 0 unspecified atom stereocenters. The maximum Gasteiger partial charge on any atom is 0.308 e. The van der Waals surface area contributed by atoms with E-state index >= 15 is 0 Å². The molecule has 1 aliphatic carbocycles. The van der Waals surface area contributed by atoms with Gasteiger partial charge >= 0.3 is 5.97 Å². The molecule has 1 saturated heterocycles. The average Bonchev–Trinajstić information content (AvgIpc) is 2.80. The highest BCUT2D eigenvalue weighted by atomic mass is 16.6. The first-order chi connectivity index (χ1) is 9.79. The quantitative estimate of drug-likeness (QED) is 0.489. The number of ether oxygens (including phenoxy) is 2. The zero-order chi connectivity index (χ0) is 14.2. The zero-order valence-electron chi connectivity index (χ0n) is 12.9. The first-order valence-electron chi connectivity index (χ1n) is 8.64. The lowest BCUT2D eigenvalue weighted by Crippen LogP contribution is -2.30. The third-order valence-corrected chi connectivity index (χ3v) is 4.58. The van der Waals surface area contributed by atoms with E-state index in [0.717, 1.165) is 25.7 Å². The third-order valence-electron chi connectivity index (χ3n) is 4.58. The van der Waals surface area contributed by atoms with E-state index in [0.29, 0.717) is 12.5 Å². The van der Waals surface area contributed by atoms with Crippen molar-refractivity contribution in [2.24, 2.45) is 0 Å². The molecule has 3 nitrogen and oxygen atoms in total. The number of unbranched alkanes of at least 4 members (excludes halogenated alkanes) is 4. The van der Waals surface area contributed by atoms with Gasteiger partial charge < -0.3 is 9.47 Å². The molecule has 1 heterocycles. The minimum Gasteiger partial charge on any atom is -0.460 e. The van der Waals surface area contributed by atoms with Gasteiger partial charge in [-0.1, -0.05) is 51.9 Å². The Bertz CT molecular complexity index is 284. The maximum atomic E-state index is 11.5. The van der Waals surface area contributed by atoms with Gasteiger partial charge in [0.25, 0.3) is 0 Å². The summed E-state index contributed by atoms with van der Waals surface area (Å²) in [4.78, 5) is 11.5. The summed E-state index contributed by atoms with van der Waals surface area (Å²) in [6.45, 7) is 2.23. The fraction of sp³-hybridized carbons (Fsp3) is 0.941. The topological polar surface area (TPSA) is 35.5 Å².